The predicted molar refractivity (Wildman–Crippen MR) is 75.3 cm³/mol. The summed E-state index contributed by atoms with van der Waals surface area (Å²) >= 11 is 0. The van der Waals surface area contributed by atoms with E-state index >= 15 is 0 Å². The van der Waals surface area contributed by atoms with Crippen molar-refractivity contribution in [2.75, 3.05) is 33.0 Å². The summed E-state index contributed by atoms with van der Waals surface area (Å²) in [6.45, 7) is 0.872. The molecule has 0 unspecified atom stereocenters. The third-order valence-electron chi connectivity index (χ3n) is 2.97. The zero-order chi connectivity index (χ0) is 14.3. The Morgan fingerprint density at radius 1 is 1.37 bits per heavy atom. The number of unbranched alkanes of at least 4 members (excludes halogenated alkanes) is 2. The molecular weight excluding hydrogens is 244 g/mol. The summed E-state index contributed by atoms with van der Waals surface area (Å²) in [7, 11) is 3.31. The maximum absolute atomic E-state index is 12.1. The van der Waals surface area contributed by atoms with Crippen LogP contribution in [0.1, 0.15) is 29.6 Å². The van der Waals surface area contributed by atoms with Crippen LogP contribution >= 0.6 is 0 Å². The van der Waals surface area contributed by atoms with E-state index in [1.807, 2.05) is 0 Å². The molecule has 0 atom stereocenters. The molecule has 0 heterocycles. The Morgan fingerprint density at radius 2 is 2.11 bits per heavy atom. The van der Waals surface area contributed by atoms with Crippen LogP contribution in [0.2, 0.25) is 0 Å². The minimum absolute atomic E-state index is 0.0571. The molecule has 19 heavy (non-hydrogen) atoms. The van der Waals surface area contributed by atoms with Gasteiger partial charge < -0.3 is 20.5 Å². The summed E-state index contributed by atoms with van der Waals surface area (Å²) in [5.74, 6) is 0.514. The molecule has 0 aliphatic rings. The van der Waals surface area contributed by atoms with E-state index in [4.69, 9.17) is 15.6 Å². The Hall–Kier alpha value is -1.75. The van der Waals surface area contributed by atoms with E-state index in [0.717, 1.165) is 19.3 Å². The van der Waals surface area contributed by atoms with Crippen LogP contribution in [-0.2, 0) is 0 Å². The Kier molecular flexibility index (Phi) is 6.15. The number of hydrogen-bond donors (Lipinski definition) is 2. The van der Waals surface area contributed by atoms with Crippen LogP contribution in [0.5, 0.6) is 5.75 Å². The highest BCUT2D eigenvalue weighted by molar-refractivity contribution is 5.95. The van der Waals surface area contributed by atoms with Crippen molar-refractivity contribution < 1.29 is 14.6 Å². The number of nitrogens with two attached hydrogens (primary N) is 1. The quantitative estimate of drug-likeness (QED) is 0.579. The second-order valence-electron chi connectivity index (χ2n) is 4.47. The normalized spacial score (nSPS) is 10.3. The number of ether oxygens (including phenoxy) is 1. The lowest BCUT2D eigenvalue weighted by atomic mass is 10.1. The zero-order valence-electron chi connectivity index (χ0n) is 11.6. The summed E-state index contributed by atoms with van der Waals surface area (Å²) in [4.78, 5) is 13.8. The first-order valence-corrected chi connectivity index (χ1v) is 6.40. The van der Waals surface area contributed by atoms with Crippen LogP contribution in [0.4, 0.5) is 5.69 Å². The van der Waals surface area contributed by atoms with Gasteiger partial charge in [0.05, 0.1) is 12.8 Å². The van der Waals surface area contributed by atoms with Crippen LogP contribution in [-0.4, -0.2) is 43.2 Å². The second-order valence-corrected chi connectivity index (χ2v) is 4.47. The summed E-state index contributed by atoms with van der Waals surface area (Å²) in [5, 5.41) is 8.69. The third-order valence-corrected chi connectivity index (χ3v) is 2.97. The molecule has 0 saturated heterocycles. The molecule has 0 fully saturated rings. The fourth-order valence-electron chi connectivity index (χ4n) is 1.83. The Balaban J connectivity index is 2.59. The van der Waals surface area contributed by atoms with Gasteiger partial charge in [0, 0.05) is 25.8 Å². The van der Waals surface area contributed by atoms with Gasteiger partial charge in [-0.15, -0.1) is 0 Å². The number of carbonyl (C=O) groups excluding carboxylic acids is 1. The molecule has 0 aliphatic carbocycles. The molecule has 1 aromatic rings. The van der Waals surface area contributed by atoms with Crippen molar-refractivity contribution in [3.8, 4) is 5.75 Å². The largest absolute Gasteiger partial charge is 0.495 e. The average molecular weight is 266 g/mol. The first-order valence-electron chi connectivity index (χ1n) is 6.40. The van der Waals surface area contributed by atoms with Gasteiger partial charge in [-0.05, 0) is 37.5 Å². The number of amides is 1. The maximum Gasteiger partial charge on any atom is 0.253 e. The fraction of sp³-hybridized carbons (Fsp3) is 0.500. The Morgan fingerprint density at radius 3 is 2.68 bits per heavy atom. The van der Waals surface area contributed by atoms with E-state index in [-0.39, 0.29) is 12.5 Å². The first kappa shape index (κ1) is 15.3. The number of nitrogens with zero attached hydrogens (tertiary/aromatic N) is 1. The van der Waals surface area contributed by atoms with Crippen LogP contribution in [0.25, 0.3) is 0 Å². The van der Waals surface area contributed by atoms with Crippen molar-refractivity contribution in [2.45, 2.75) is 19.3 Å². The molecule has 5 heteroatoms. The minimum atomic E-state index is -0.0571. The Labute approximate surface area is 114 Å². The number of benzene rings is 1. The highest BCUT2D eigenvalue weighted by atomic mass is 16.5. The van der Waals surface area contributed by atoms with E-state index in [0.29, 0.717) is 23.5 Å². The molecule has 0 aromatic heterocycles. The van der Waals surface area contributed by atoms with Crippen molar-refractivity contribution in [2.24, 2.45) is 0 Å². The number of rotatable bonds is 7. The third kappa shape index (κ3) is 4.44. The maximum atomic E-state index is 12.1. The van der Waals surface area contributed by atoms with Gasteiger partial charge in [-0.3, -0.25) is 4.79 Å². The molecule has 5 nitrogen and oxygen atoms in total. The average Bonchev–Trinajstić information content (AvgIpc) is 2.42. The summed E-state index contributed by atoms with van der Waals surface area (Å²) in [6.07, 6.45) is 2.57. The van der Waals surface area contributed by atoms with E-state index < -0.39 is 0 Å². The summed E-state index contributed by atoms with van der Waals surface area (Å²) < 4.78 is 5.06. The van der Waals surface area contributed by atoms with Crippen molar-refractivity contribution in [1.82, 2.24) is 4.90 Å². The van der Waals surface area contributed by atoms with Gasteiger partial charge in [-0.2, -0.15) is 0 Å². The van der Waals surface area contributed by atoms with Crippen molar-refractivity contribution in [1.29, 1.82) is 0 Å². The molecule has 1 rings (SSSR count). The highest BCUT2D eigenvalue weighted by Gasteiger charge is 2.12. The lowest BCUT2D eigenvalue weighted by molar-refractivity contribution is 0.0792. The van der Waals surface area contributed by atoms with Crippen LogP contribution in [0, 0.1) is 0 Å². The smallest absolute Gasteiger partial charge is 0.253 e. The molecule has 0 spiro atoms. The fourth-order valence-corrected chi connectivity index (χ4v) is 1.83. The molecule has 0 bridgehead atoms. The number of anilines is 1. The molecular formula is C14H22N2O3. The predicted octanol–water partition coefficient (Wildman–Crippen LogP) is 1.51. The molecule has 1 aromatic carbocycles. The number of hydrogen-bond acceptors (Lipinski definition) is 4. The molecule has 3 N–H and O–H groups in total. The van der Waals surface area contributed by atoms with Gasteiger partial charge in [0.1, 0.15) is 5.75 Å². The number of nitrogen functional groups attached to an aromatic ring is 1. The standard InChI is InChI=1S/C14H22N2O3/c1-16(8-4-3-5-9-17)14(18)11-6-7-13(19-2)12(15)10-11/h6-7,10,17H,3-5,8-9,15H2,1-2H3. The highest BCUT2D eigenvalue weighted by Crippen LogP contribution is 2.22. The number of aliphatic hydroxyl groups excluding tert-OH is 1. The van der Waals surface area contributed by atoms with Crippen molar-refractivity contribution in [3.05, 3.63) is 23.8 Å². The van der Waals surface area contributed by atoms with Crippen LogP contribution in [0.3, 0.4) is 0 Å². The Bertz CT molecular complexity index is 421. The van der Waals surface area contributed by atoms with Gasteiger partial charge >= 0.3 is 0 Å². The summed E-state index contributed by atoms with van der Waals surface area (Å²) in [5.41, 5.74) is 6.80. The van der Waals surface area contributed by atoms with Gasteiger partial charge in [0.25, 0.3) is 5.91 Å². The van der Waals surface area contributed by atoms with Crippen LogP contribution in [0.15, 0.2) is 18.2 Å². The SMILES string of the molecule is COc1ccc(C(=O)N(C)CCCCCO)cc1N. The minimum Gasteiger partial charge on any atom is -0.495 e. The molecule has 0 aliphatic heterocycles. The lowest BCUT2D eigenvalue weighted by Crippen LogP contribution is -2.27. The molecule has 0 saturated carbocycles. The molecule has 1 amide bonds. The van der Waals surface area contributed by atoms with E-state index in [1.54, 1.807) is 37.3 Å². The first-order chi connectivity index (χ1) is 9.10. The topological polar surface area (TPSA) is 75.8 Å². The van der Waals surface area contributed by atoms with E-state index in [9.17, 15) is 4.79 Å². The number of aliphatic hydroxyl groups is 1. The molecule has 0 radical (unpaired) electrons. The van der Waals surface area contributed by atoms with Crippen molar-refractivity contribution in [3.63, 3.8) is 0 Å². The van der Waals surface area contributed by atoms with Gasteiger partial charge in [-0.1, -0.05) is 0 Å². The lowest BCUT2D eigenvalue weighted by Gasteiger charge is -2.17. The number of carbonyl (C=O) groups is 1. The van der Waals surface area contributed by atoms with E-state index in [2.05, 4.69) is 0 Å². The number of methoxy groups -OCH3 is 1. The molecule has 106 valence electrons. The van der Waals surface area contributed by atoms with Crippen LogP contribution < -0.4 is 10.5 Å². The van der Waals surface area contributed by atoms with Gasteiger partial charge in [-0.25, -0.2) is 0 Å². The monoisotopic (exact) mass is 266 g/mol. The van der Waals surface area contributed by atoms with Crippen molar-refractivity contribution >= 4 is 11.6 Å². The summed E-state index contributed by atoms with van der Waals surface area (Å²) in [6, 6.07) is 5.04. The van der Waals surface area contributed by atoms with Gasteiger partial charge in [0.2, 0.25) is 0 Å². The zero-order valence-corrected chi connectivity index (χ0v) is 11.6. The second kappa shape index (κ2) is 7.63. The van der Waals surface area contributed by atoms with E-state index in [1.165, 1.54) is 0 Å². The van der Waals surface area contributed by atoms with Gasteiger partial charge in [0.15, 0.2) is 0 Å².